The van der Waals surface area contributed by atoms with Gasteiger partial charge in [0, 0.05) is 22.6 Å². The van der Waals surface area contributed by atoms with Crippen LogP contribution in [0.1, 0.15) is 31.9 Å². The van der Waals surface area contributed by atoms with Crippen molar-refractivity contribution in [2.24, 2.45) is 5.92 Å². The molecule has 26 heavy (non-hydrogen) atoms. The number of methoxy groups -OCH3 is 1. The number of hydrogen-bond acceptors (Lipinski definition) is 4. The van der Waals surface area contributed by atoms with Crippen molar-refractivity contribution in [3.05, 3.63) is 34.8 Å². The molecule has 0 saturated carbocycles. The predicted octanol–water partition coefficient (Wildman–Crippen LogP) is 4.40. The molecule has 0 radical (unpaired) electrons. The number of esters is 1. The summed E-state index contributed by atoms with van der Waals surface area (Å²) in [5.41, 5.74) is -2.37. The lowest BCUT2D eigenvalue weighted by Gasteiger charge is -2.32. The van der Waals surface area contributed by atoms with Gasteiger partial charge in [0.25, 0.3) is 0 Å². The van der Waals surface area contributed by atoms with Gasteiger partial charge in [0.05, 0.1) is 13.7 Å². The lowest BCUT2D eigenvalue weighted by atomic mass is 9.82. The van der Waals surface area contributed by atoms with E-state index in [9.17, 15) is 22.4 Å². The number of carbonyl (C=O) groups is 1. The Morgan fingerprint density at radius 2 is 1.96 bits per heavy atom. The van der Waals surface area contributed by atoms with E-state index >= 15 is 0 Å². The van der Waals surface area contributed by atoms with Gasteiger partial charge in [0.15, 0.2) is 0 Å². The van der Waals surface area contributed by atoms with Crippen LogP contribution < -0.4 is 4.74 Å². The zero-order valence-corrected chi connectivity index (χ0v) is 15.1. The molecule has 1 aromatic rings. The second kappa shape index (κ2) is 6.81. The standard InChI is InChI=1S/C18H20F4O4/c1-6-25-16(23)15-13(10(3)17(4,26-15)18(20,21)22)11-7-8-12(19)9(2)14(11)24-5/h7-8,10H,6H2,1-5H3. The van der Waals surface area contributed by atoms with Crippen molar-refractivity contribution in [2.45, 2.75) is 39.5 Å². The van der Waals surface area contributed by atoms with Crippen molar-refractivity contribution in [1.29, 1.82) is 0 Å². The topological polar surface area (TPSA) is 44.8 Å². The van der Waals surface area contributed by atoms with E-state index in [2.05, 4.69) is 0 Å². The summed E-state index contributed by atoms with van der Waals surface area (Å²) in [6.07, 6.45) is -4.74. The third-order valence-corrected chi connectivity index (χ3v) is 4.68. The normalized spacial score (nSPS) is 23.0. The zero-order valence-electron chi connectivity index (χ0n) is 15.1. The molecule has 1 aromatic carbocycles. The zero-order chi connectivity index (χ0) is 19.9. The number of benzene rings is 1. The number of ether oxygens (including phenoxy) is 3. The predicted molar refractivity (Wildman–Crippen MR) is 86.0 cm³/mol. The largest absolute Gasteiger partial charge is 0.496 e. The molecule has 8 heteroatoms. The van der Waals surface area contributed by atoms with Crippen LogP contribution in [0.4, 0.5) is 17.6 Å². The van der Waals surface area contributed by atoms with Crippen LogP contribution in [0.5, 0.6) is 5.75 Å². The molecule has 0 fully saturated rings. The Morgan fingerprint density at radius 1 is 1.35 bits per heavy atom. The molecule has 144 valence electrons. The molecule has 0 aromatic heterocycles. The summed E-state index contributed by atoms with van der Waals surface area (Å²) < 4.78 is 69.9. The van der Waals surface area contributed by atoms with Gasteiger partial charge >= 0.3 is 12.1 Å². The SMILES string of the molecule is CCOC(=O)C1=C(c2ccc(F)c(C)c2OC)C(C)C(C)(C(F)(F)F)O1. The average molecular weight is 376 g/mol. The molecule has 2 atom stereocenters. The van der Waals surface area contributed by atoms with Gasteiger partial charge in [-0.3, -0.25) is 0 Å². The Kier molecular flexibility index (Phi) is 5.26. The molecule has 0 N–H and O–H groups in total. The first kappa shape index (κ1) is 20.1. The van der Waals surface area contributed by atoms with Crippen LogP contribution >= 0.6 is 0 Å². The maximum absolute atomic E-state index is 13.8. The Labute approximate surface area is 148 Å². The monoisotopic (exact) mass is 376 g/mol. The van der Waals surface area contributed by atoms with E-state index in [1.54, 1.807) is 0 Å². The molecule has 0 aliphatic carbocycles. The van der Waals surface area contributed by atoms with E-state index in [0.717, 1.165) is 13.0 Å². The van der Waals surface area contributed by atoms with Gasteiger partial charge in [-0.25, -0.2) is 9.18 Å². The van der Waals surface area contributed by atoms with Crippen LogP contribution in [0.3, 0.4) is 0 Å². The minimum absolute atomic E-state index is 0.0248. The van der Waals surface area contributed by atoms with E-state index in [1.165, 1.54) is 33.9 Å². The average Bonchev–Trinajstić information content (AvgIpc) is 2.83. The Morgan fingerprint density at radius 3 is 2.46 bits per heavy atom. The molecule has 0 bridgehead atoms. The summed E-state index contributed by atoms with van der Waals surface area (Å²) >= 11 is 0. The van der Waals surface area contributed by atoms with Gasteiger partial charge in [0.1, 0.15) is 11.6 Å². The highest BCUT2D eigenvalue weighted by molar-refractivity contribution is 5.98. The number of halogens is 4. The van der Waals surface area contributed by atoms with Crippen LogP contribution in [-0.2, 0) is 14.3 Å². The lowest BCUT2D eigenvalue weighted by Crippen LogP contribution is -2.47. The first-order chi connectivity index (χ1) is 12.0. The summed E-state index contributed by atoms with van der Waals surface area (Å²) in [5, 5.41) is 0. The van der Waals surface area contributed by atoms with Crippen molar-refractivity contribution < 1.29 is 36.6 Å². The third-order valence-electron chi connectivity index (χ3n) is 4.68. The van der Waals surface area contributed by atoms with Crippen molar-refractivity contribution >= 4 is 11.5 Å². The van der Waals surface area contributed by atoms with Crippen molar-refractivity contribution in [2.75, 3.05) is 13.7 Å². The molecule has 1 aliphatic rings. The summed E-state index contributed by atoms with van der Waals surface area (Å²) in [6, 6.07) is 2.39. The van der Waals surface area contributed by atoms with Gasteiger partial charge in [0.2, 0.25) is 11.4 Å². The number of carbonyl (C=O) groups excluding carboxylic acids is 1. The maximum atomic E-state index is 13.8. The Balaban J connectivity index is 2.73. The summed E-state index contributed by atoms with van der Waals surface area (Å²) in [6.45, 7) is 5.10. The fourth-order valence-corrected chi connectivity index (χ4v) is 2.98. The Bertz CT molecular complexity index is 754. The van der Waals surface area contributed by atoms with Gasteiger partial charge in [-0.2, -0.15) is 13.2 Å². The van der Waals surface area contributed by atoms with Gasteiger partial charge in [-0.05, 0) is 32.9 Å². The molecule has 0 spiro atoms. The van der Waals surface area contributed by atoms with E-state index in [4.69, 9.17) is 14.2 Å². The number of alkyl halides is 3. The quantitative estimate of drug-likeness (QED) is 0.577. The minimum atomic E-state index is -4.74. The number of hydrogen-bond donors (Lipinski definition) is 0. The Hall–Kier alpha value is -2.25. The molecule has 2 unspecified atom stereocenters. The van der Waals surface area contributed by atoms with Crippen molar-refractivity contribution in [1.82, 2.24) is 0 Å². The smallest absolute Gasteiger partial charge is 0.428 e. The summed E-state index contributed by atoms with van der Waals surface area (Å²) in [7, 11) is 1.28. The molecule has 1 aliphatic heterocycles. The second-order valence-corrected chi connectivity index (χ2v) is 6.15. The molecular weight excluding hydrogens is 356 g/mol. The molecule has 0 amide bonds. The maximum Gasteiger partial charge on any atom is 0.428 e. The molecular formula is C18H20F4O4. The highest BCUT2D eigenvalue weighted by Crippen LogP contribution is 2.53. The number of rotatable bonds is 4. The van der Waals surface area contributed by atoms with Crippen LogP contribution in [0.2, 0.25) is 0 Å². The van der Waals surface area contributed by atoms with E-state index in [0.29, 0.717) is 0 Å². The van der Waals surface area contributed by atoms with E-state index in [-0.39, 0.29) is 29.1 Å². The summed E-state index contributed by atoms with van der Waals surface area (Å²) in [5.74, 6) is -3.33. The third kappa shape index (κ3) is 3.01. The van der Waals surface area contributed by atoms with Gasteiger partial charge in [-0.1, -0.05) is 6.92 Å². The fourth-order valence-electron chi connectivity index (χ4n) is 2.98. The minimum Gasteiger partial charge on any atom is -0.496 e. The first-order valence-electron chi connectivity index (χ1n) is 8.00. The van der Waals surface area contributed by atoms with Gasteiger partial charge in [-0.15, -0.1) is 0 Å². The van der Waals surface area contributed by atoms with Crippen molar-refractivity contribution in [3.63, 3.8) is 0 Å². The molecule has 2 rings (SSSR count). The molecule has 4 nitrogen and oxygen atoms in total. The highest BCUT2D eigenvalue weighted by atomic mass is 19.4. The van der Waals surface area contributed by atoms with Gasteiger partial charge < -0.3 is 14.2 Å². The van der Waals surface area contributed by atoms with E-state index in [1.807, 2.05) is 0 Å². The second-order valence-electron chi connectivity index (χ2n) is 6.15. The van der Waals surface area contributed by atoms with Crippen LogP contribution in [0.15, 0.2) is 17.9 Å². The molecule has 1 heterocycles. The lowest BCUT2D eigenvalue weighted by molar-refractivity contribution is -0.262. The first-order valence-corrected chi connectivity index (χ1v) is 8.00. The van der Waals surface area contributed by atoms with Crippen LogP contribution in [0, 0.1) is 18.7 Å². The summed E-state index contributed by atoms with van der Waals surface area (Å²) in [4.78, 5) is 12.3. The van der Waals surface area contributed by atoms with Crippen molar-refractivity contribution in [3.8, 4) is 5.75 Å². The fraction of sp³-hybridized carbons (Fsp3) is 0.500. The van der Waals surface area contributed by atoms with Crippen LogP contribution in [0.25, 0.3) is 5.57 Å². The van der Waals surface area contributed by atoms with E-state index < -0.39 is 35.2 Å². The molecule has 0 saturated heterocycles. The van der Waals surface area contributed by atoms with Crippen LogP contribution in [-0.4, -0.2) is 31.5 Å². The highest BCUT2D eigenvalue weighted by Gasteiger charge is 2.63.